The first kappa shape index (κ1) is 12.9. The van der Waals surface area contributed by atoms with Gasteiger partial charge in [0.1, 0.15) is 8.24 Å². The Hall–Kier alpha value is 0.907. The van der Waals surface area contributed by atoms with E-state index in [1.54, 1.807) is 0 Å². The number of hydrogen-bond acceptors (Lipinski definition) is 1. The summed E-state index contributed by atoms with van der Waals surface area (Å²) in [5, 5.41) is 0. The number of alkyl halides is 1. The van der Waals surface area contributed by atoms with E-state index in [0.29, 0.717) is 0 Å². The highest BCUT2D eigenvalue weighted by Gasteiger charge is 2.33. The third kappa shape index (κ3) is 2.99. The van der Waals surface area contributed by atoms with Gasteiger partial charge in [0, 0.05) is 3.55 Å². The molecule has 0 aromatic rings. The number of hydrogen-bond donors (Lipinski definition) is 0. The summed E-state index contributed by atoms with van der Waals surface area (Å²) in [5.74, 6) is 0. The predicted octanol–water partition coefficient (Wildman–Crippen LogP) is 3.29. The van der Waals surface area contributed by atoms with E-state index in [-0.39, 0.29) is 0 Å². The van der Waals surface area contributed by atoms with Gasteiger partial charge in [0.25, 0.3) is 0 Å². The van der Waals surface area contributed by atoms with E-state index in [2.05, 4.69) is 61.0 Å². The second kappa shape index (κ2) is 5.60. The molecule has 0 heterocycles. The molecule has 0 fully saturated rings. The minimum Gasteiger partial charge on any atom is -0.323 e. The van der Waals surface area contributed by atoms with Crippen LogP contribution in [0.1, 0.15) is 27.2 Å². The predicted molar refractivity (Wildman–Crippen MR) is 68.5 cm³/mol. The van der Waals surface area contributed by atoms with Crippen LogP contribution in [0.5, 0.6) is 0 Å². The van der Waals surface area contributed by atoms with Gasteiger partial charge in [-0.05, 0) is 19.5 Å². The minimum absolute atomic E-state index is 0.884. The Morgan fingerprint density at radius 3 is 1.83 bits per heavy atom. The SMILES string of the molecule is CCC(I)[Si](C)(C)N(CC)CC. The molecule has 0 aromatic carbocycles. The molecule has 0 N–H and O–H groups in total. The van der Waals surface area contributed by atoms with Crippen molar-refractivity contribution >= 4 is 30.8 Å². The number of rotatable bonds is 5. The summed E-state index contributed by atoms with van der Waals surface area (Å²) < 4.78 is 3.56. The molecule has 0 bridgehead atoms. The quantitative estimate of drug-likeness (QED) is 0.428. The van der Waals surface area contributed by atoms with Crippen LogP contribution in [-0.2, 0) is 0 Å². The van der Waals surface area contributed by atoms with Crippen LogP contribution in [0.4, 0.5) is 0 Å². The second-order valence-electron chi connectivity index (χ2n) is 3.70. The molecule has 0 radical (unpaired) electrons. The molecule has 0 saturated heterocycles. The summed E-state index contributed by atoms with van der Waals surface area (Å²) in [6, 6.07) is 0. The molecule has 0 aromatic heterocycles. The van der Waals surface area contributed by atoms with Crippen LogP contribution >= 0.6 is 22.6 Å². The lowest BCUT2D eigenvalue weighted by atomic mass is 10.6. The Bertz CT molecular complexity index is 124. The molecular weight excluding hydrogens is 277 g/mol. The fourth-order valence-corrected chi connectivity index (χ4v) is 5.94. The van der Waals surface area contributed by atoms with Crippen molar-refractivity contribution in [3.63, 3.8) is 0 Å². The Kier molecular flexibility index (Phi) is 6.02. The van der Waals surface area contributed by atoms with Crippen LogP contribution < -0.4 is 0 Å². The van der Waals surface area contributed by atoms with Gasteiger partial charge >= 0.3 is 0 Å². The van der Waals surface area contributed by atoms with Crippen molar-refractivity contribution in [1.29, 1.82) is 0 Å². The average Bonchev–Trinajstić information content (AvgIpc) is 2.04. The Morgan fingerprint density at radius 2 is 1.58 bits per heavy atom. The largest absolute Gasteiger partial charge is 0.323 e. The van der Waals surface area contributed by atoms with Crippen molar-refractivity contribution in [3.8, 4) is 0 Å². The number of halogens is 1. The lowest BCUT2D eigenvalue weighted by Crippen LogP contribution is -2.55. The lowest BCUT2D eigenvalue weighted by Gasteiger charge is -2.38. The van der Waals surface area contributed by atoms with E-state index in [1.165, 1.54) is 19.5 Å². The molecule has 12 heavy (non-hydrogen) atoms. The van der Waals surface area contributed by atoms with E-state index in [0.717, 1.165) is 3.55 Å². The van der Waals surface area contributed by atoms with E-state index in [4.69, 9.17) is 0 Å². The van der Waals surface area contributed by atoms with Gasteiger partial charge in [-0.2, -0.15) is 0 Å². The lowest BCUT2D eigenvalue weighted by molar-refractivity contribution is 0.463. The molecule has 0 spiro atoms. The van der Waals surface area contributed by atoms with Crippen LogP contribution in [0.25, 0.3) is 0 Å². The molecule has 0 amide bonds. The number of nitrogens with zero attached hydrogens (tertiary/aromatic N) is 1. The van der Waals surface area contributed by atoms with Gasteiger partial charge < -0.3 is 4.57 Å². The Labute approximate surface area is 92.1 Å². The highest BCUT2D eigenvalue weighted by Crippen LogP contribution is 2.23. The Balaban J connectivity index is 4.33. The van der Waals surface area contributed by atoms with E-state index < -0.39 is 8.24 Å². The van der Waals surface area contributed by atoms with E-state index >= 15 is 0 Å². The molecule has 74 valence electrons. The second-order valence-corrected chi connectivity index (χ2v) is 11.0. The highest BCUT2D eigenvalue weighted by atomic mass is 127. The highest BCUT2D eigenvalue weighted by molar-refractivity contribution is 14.1. The standard InChI is InChI=1S/C9H22INSi/c1-6-9(10)12(4,5)11(7-2)8-3/h9H,6-8H2,1-5H3. The molecule has 0 aliphatic heterocycles. The molecule has 0 saturated carbocycles. The maximum absolute atomic E-state index is 2.67. The van der Waals surface area contributed by atoms with Crippen LogP contribution in [0, 0.1) is 0 Å². The third-order valence-corrected chi connectivity index (χ3v) is 12.4. The Morgan fingerprint density at radius 1 is 1.17 bits per heavy atom. The first-order chi connectivity index (χ1) is 5.50. The van der Waals surface area contributed by atoms with Gasteiger partial charge in [0.05, 0.1) is 0 Å². The zero-order valence-electron chi connectivity index (χ0n) is 9.02. The van der Waals surface area contributed by atoms with Gasteiger partial charge in [0.2, 0.25) is 0 Å². The minimum atomic E-state index is -1.12. The van der Waals surface area contributed by atoms with Crippen LogP contribution in [0.15, 0.2) is 0 Å². The van der Waals surface area contributed by atoms with Crippen molar-refractivity contribution in [1.82, 2.24) is 4.57 Å². The van der Waals surface area contributed by atoms with Crippen molar-refractivity contribution < 1.29 is 0 Å². The fourth-order valence-electron chi connectivity index (χ4n) is 1.74. The molecule has 1 atom stereocenters. The van der Waals surface area contributed by atoms with Crippen molar-refractivity contribution in [3.05, 3.63) is 0 Å². The first-order valence-corrected chi connectivity index (χ1v) is 9.16. The summed E-state index contributed by atoms with van der Waals surface area (Å²) in [7, 11) is -1.12. The zero-order chi connectivity index (χ0) is 9.78. The normalized spacial score (nSPS) is 15.2. The van der Waals surface area contributed by atoms with Crippen LogP contribution in [0.2, 0.25) is 13.1 Å². The summed E-state index contributed by atoms with van der Waals surface area (Å²) >= 11 is 2.63. The van der Waals surface area contributed by atoms with Crippen LogP contribution in [-0.4, -0.2) is 29.4 Å². The summed E-state index contributed by atoms with van der Waals surface area (Å²) in [6.07, 6.45) is 1.32. The summed E-state index contributed by atoms with van der Waals surface area (Å²) in [6.45, 7) is 14.3. The van der Waals surface area contributed by atoms with E-state index in [1.807, 2.05) is 0 Å². The van der Waals surface area contributed by atoms with Crippen molar-refractivity contribution in [2.24, 2.45) is 0 Å². The summed E-state index contributed by atoms with van der Waals surface area (Å²) in [5.41, 5.74) is 0. The summed E-state index contributed by atoms with van der Waals surface area (Å²) in [4.78, 5) is 0. The van der Waals surface area contributed by atoms with Crippen molar-refractivity contribution in [2.75, 3.05) is 13.1 Å². The van der Waals surface area contributed by atoms with Gasteiger partial charge in [-0.3, -0.25) is 0 Å². The molecular formula is C9H22INSi. The molecule has 0 aliphatic rings. The molecule has 3 heteroatoms. The van der Waals surface area contributed by atoms with Crippen molar-refractivity contribution in [2.45, 2.75) is 43.8 Å². The van der Waals surface area contributed by atoms with E-state index in [9.17, 15) is 0 Å². The topological polar surface area (TPSA) is 3.24 Å². The van der Waals surface area contributed by atoms with Gasteiger partial charge in [-0.15, -0.1) is 0 Å². The molecule has 0 aliphatic carbocycles. The molecule has 0 rings (SSSR count). The maximum atomic E-state index is 2.67. The van der Waals surface area contributed by atoms with Gasteiger partial charge in [0.15, 0.2) is 0 Å². The monoisotopic (exact) mass is 299 g/mol. The maximum Gasteiger partial charge on any atom is 0.135 e. The van der Waals surface area contributed by atoms with Gasteiger partial charge in [-0.25, -0.2) is 0 Å². The third-order valence-electron chi connectivity index (χ3n) is 2.70. The fraction of sp³-hybridized carbons (Fsp3) is 1.00. The van der Waals surface area contributed by atoms with Crippen LogP contribution in [0.3, 0.4) is 0 Å². The smallest absolute Gasteiger partial charge is 0.135 e. The molecule has 1 unspecified atom stereocenters. The molecule has 1 nitrogen and oxygen atoms in total. The zero-order valence-corrected chi connectivity index (χ0v) is 12.2. The average molecular weight is 299 g/mol. The van der Waals surface area contributed by atoms with Gasteiger partial charge in [-0.1, -0.05) is 56.5 Å². The first-order valence-electron chi connectivity index (χ1n) is 4.89.